The van der Waals surface area contributed by atoms with Crippen LogP contribution in [0.3, 0.4) is 0 Å². The summed E-state index contributed by atoms with van der Waals surface area (Å²) in [6.45, 7) is 7.24. The van der Waals surface area contributed by atoms with Crippen molar-refractivity contribution >= 4 is 21.4 Å². The predicted molar refractivity (Wildman–Crippen MR) is 117 cm³/mol. The van der Waals surface area contributed by atoms with Gasteiger partial charge in [0.15, 0.2) is 9.84 Å². The quantitative estimate of drug-likeness (QED) is 0.597. The number of benzene rings is 1. The van der Waals surface area contributed by atoms with E-state index in [2.05, 4.69) is 24.8 Å². The van der Waals surface area contributed by atoms with Crippen molar-refractivity contribution in [2.75, 3.05) is 31.1 Å². The second-order valence-electron chi connectivity index (χ2n) is 10.8. The van der Waals surface area contributed by atoms with Crippen LogP contribution in [0.2, 0.25) is 5.02 Å². The van der Waals surface area contributed by atoms with Gasteiger partial charge < -0.3 is 4.90 Å². The summed E-state index contributed by atoms with van der Waals surface area (Å²) in [5.41, 5.74) is 2.19. The zero-order valence-electron chi connectivity index (χ0n) is 17.9. The molecule has 0 atom stereocenters. The Bertz CT molecular complexity index is 894. The molecule has 168 valence electrons. The maximum Gasteiger partial charge on any atom is 0.248 e. The maximum absolute atomic E-state index is 13.5. The summed E-state index contributed by atoms with van der Waals surface area (Å²) in [6.07, 6.45) is 2.72. The van der Waals surface area contributed by atoms with E-state index in [9.17, 15) is 17.2 Å². The SMILES string of the molecule is CC(C)(Cc1ccc(C2CCC(F)(F)CC2)c(Cl)c1)CN1CCC2(C1)CS(=O)(=O)C2. The van der Waals surface area contributed by atoms with E-state index in [1.54, 1.807) is 0 Å². The van der Waals surface area contributed by atoms with E-state index in [1.807, 2.05) is 12.1 Å². The predicted octanol–water partition coefficient (Wildman–Crippen LogP) is 5.32. The Morgan fingerprint density at radius 3 is 2.43 bits per heavy atom. The molecular formula is C23H32ClF2NO2S. The highest BCUT2D eigenvalue weighted by molar-refractivity contribution is 7.92. The molecule has 1 aliphatic carbocycles. The van der Waals surface area contributed by atoms with Gasteiger partial charge in [0.05, 0.1) is 11.5 Å². The highest BCUT2D eigenvalue weighted by Crippen LogP contribution is 2.44. The van der Waals surface area contributed by atoms with Gasteiger partial charge in [-0.3, -0.25) is 0 Å². The summed E-state index contributed by atoms with van der Waals surface area (Å²) < 4.78 is 50.2. The highest BCUT2D eigenvalue weighted by Gasteiger charge is 2.52. The fourth-order valence-electron chi connectivity index (χ4n) is 5.87. The molecule has 3 fully saturated rings. The van der Waals surface area contributed by atoms with Gasteiger partial charge in [0.1, 0.15) is 0 Å². The lowest BCUT2D eigenvalue weighted by molar-refractivity contribution is -0.0382. The van der Waals surface area contributed by atoms with E-state index in [1.165, 1.54) is 0 Å². The number of hydrogen-bond donors (Lipinski definition) is 0. The third-order valence-corrected chi connectivity index (χ3v) is 9.56. The Balaban J connectivity index is 1.35. The van der Waals surface area contributed by atoms with Crippen molar-refractivity contribution in [3.63, 3.8) is 0 Å². The van der Waals surface area contributed by atoms with E-state index in [4.69, 9.17) is 11.6 Å². The van der Waals surface area contributed by atoms with Crippen LogP contribution in [0.5, 0.6) is 0 Å². The Kier molecular flexibility index (Phi) is 5.77. The van der Waals surface area contributed by atoms with Crippen LogP contribution in [0.4, 0.5) is 8.78 Å². The van der Waals surface area contributed by atoms with Gasteiger partial charge in [0.25, 0.3) is 0 Å². The first-order valence-corrected chi connectivity index (χ1v) is 13.2. The molecule has 4 rings (SSSR count). The van der Waals surface area contributed by atoms with Crippen molar-refractivity contribution in [1.82, 2.24) is 4.90 Å². The molecule has 2 saturated heterocycles. The largest absolute Gasteiger partial charge is 0.302 e. The number of alkyl halides is 2. The fourth-order valence-corrected chi connectivity index (χ4v) is 8.48. The molecule has 1 spiro atoms. The van der Waals surface area contributed by atoms with Crippen molar-refractivity contribution in [1.29, 1.82) is 0 Å². The molecule has 0 N–H and O–H groups in total. The minimum Gasteiger partial charge on any atom is -0.302 e. The Morgan fingerprint density at radius 1 is 1.17 bits per heavy atom. The van der Waals surface area contributed by atoms with Crippen LogP contribution in [0.15, 0.2) is 18.2 Å². The second kappa shape index (κ2) is 7.70. The molecule has 2 aliphatic heterocycles. The number of rotatable bonds is 5. The zero-order valence-corrected chi connectivity index (χ0v) is 19.5. The third kappa shape index (κ3) is 5.02. The van der Waals surface area contributed by atoms with Gasteiger partial charge in [-0.2, -0.15) is 0 Å². The average Bonchev–Trinajstić information content (AvgIpc) is 2.96. The normalized spacial score (nSPS) is 26.0. The number of halogens is 3. The average molecular weight is 460 g/mol. The van der Waals surface area contributed by atoms with E-state index < -0.39 is 15.8 Å². The summed E-state index contributed by atoms with van der Waals surface area (Å²) in [5, 5.41) is 0.693. The van der Waals surface area contributed by atoms with E-state index in [-0.39, 0.29) is 29.6 Å². The van der Waals surface area contributed by atoms with Crippen molar-refractivity contribution < 1.29 is 17.2 Å². The molecule has 0 amide bonds. The minimum atomic E-state index is -2.80. The van der Waals surface area contributed by atoms with Crippen LogP contribution in [-0.2, 0) is 16.3 Å². The molecule has 0 bridgehead atoms. The van der Waals surface area contributed by atoms with Crippen LogP contribution in [0.1, 0.15) is 63.0 Å². The van der Waals surface area contributed by atoms with Crippen LogP contribution in [-0.4, -0.2) is 50.4 Å². The van der Waals surface area contributed by atoms with Gasteiger partial charge in [0.2, 0.25) is 5.92 Å². The summed E-state index contributed by atoms with van der Waals surface area (Å²) in [5.74, 6) is -1.70. The maximum atomic E-state index is 13.5. The summed E-state index contributed by atoms with van der Waals surface area (Å²) in [7, 11) is -2.80. The molecule has 0 radical (unpaired) electrons. The Hall–Kier alpha value is -0.720. The highest BCUT2D eigenvalue weighted by atomic mass is 35.5. The van der Waals surface area contributed by atoms with Gasteiger partial charge in [-0.25, -0.2) is 17.2 Å². The van der Waals surface area contributed by atoms with E-state index in [0.717, 1.165) is 43.6 Å². The smallest absolute Gasteiger partial charge is 0.248 e. The molecule has 0 unspecified atom stereocenters. The standard InChI is InChI=1S/C23H32ClF2NO2S/c1-21(2,13-27-10-9-22(14-27)15-30(28,29)16-22)12-17-3-4-19(20(24)11-17)18-5-7-23(25,26)8-6-18/h3-4,11,18H,5-10,12-16H2,1-2H3. The van der Waals surface area contributed by atoms with Gasteiger partial charge >= 0.3 is 0 Å². The van der Waals surface area contributed by atoms with E-state index in [0.29, 0.717) is 29.4 Å². The van der Waals surface area contributed by atoms with Crippen LogP contribution in [0.25, 0.3) is 0 Å². The lowest BCUT2D eigenvalue weighted by Crippen LogP contribution is -2.50. The monoisotopic (exact) mass is 459 g/mol. The van der Waals surface area contributed by atoms with Gasteiger partial charge in [-0.05, 0) is 60.8 Å². The lowest BCUT2D eigenvalue weighted by Gasteiger charge is -2.38. The second-order valence-corrected chi connectivity index (χ2v) is 13.3. The number of nitrogens with zero attached hydrogens (tertiary/aromatic N) is 1. The molecule has 3 nitrogen and oxygen atoms in total. The molecule has 2 heterocycles. The summed E-state index contributed by atoms with van der Waals surface area (Å²) in [6, 6.07) is 6.14. The van der Waals surface area contributed by atoms with Crippen LogP contribution >= 0.6 is 11.6 Å². The first-order valence-electron chi connectivity index (χ1n) is 11.0. The molecule has 1 aromatic rings. The van der Waals surface area contributed by atoms with Crippen molar-refractivity contribution in [2.45, 2.75) is 64.2 Å². The van der Waals surface area contributed by atoms with Crippen molar-refractivity contribution in [3.05, 3.63) is 34.3 Å². The lowest BCUT2D eigenvalue weighted by atomic mass is 9.81. The molecule has 1 aromatic carbocycles. The Morgan fingerprint density at radius 2 is 1.83 bits per heavy atom. The van der Waals surface area contributed by atoms with Crippen LogP contribution < -0.4 is 0 Å². The van der Waals surface area contributed by atoms with Crippen molar-refractivity contribution in [3.8, 4) is 0 Å². The summed E-state index contributed by atoms with van der Waals surface area (Å²) in [4.78, 5) is 2.41. The summed E-state index contributed by atoms with van der Waals surface area (Å²) >= 11 is 6.57. The molecule has 0 aromatic heterocycles. The topological polar surface area (TPSA) is 37.4 Å². The van der Waals surface area contributed by atoms with Crippen molar-refractivity contribution in [2.24, 2.45) is 10.8 Å². The first-order chi connectivity index (χ1) is 13.9. The third-order valence-electron chi connectivity index (χ3n) is 7.13. The van der Waals surface area contributed by atoms with Gasteiger partial charge in [-0.15, -0.1) is 0 Å². The molecule has 1 saturated carbocycles. The molecule has 3 aliphatic rings. The first kappa shape index (κ1) is 22.5. The minimum absolute atomic E-state index is 0.00330. The van der Waals surface area contributed by atoms with Gasteiger partial charge in [0, 0.05) is 36.4 Å². The Labute approximate surface area is 184 Å². The van der Waals surface area contributed by atoms with Gasteiger partial charge in [-0.1, -0.05) is 37.6 Å². The molecule has 7 heteroatoms. The zero-order chi connectivity index (χ0) is 21.8. The molecule has 30 heavy (non-hydrogen) atoms. The number of hydrogen-bond acceptors (Lipinski definition) is 3. The fraction of sp³-hybridized carbons (Fsp3) is 0.739. The van der Waals surface area contributed by atoms with E-state index >= 15 is 0 Å². The molecular weight excluding hydrogens is 428 g/mol. The number of likely N-dealkylation sites (tertiary alicyclic amines) is 1. The number of sulfone groups is 1. The van der Waals surface area contributed by atoms with Crippen LogP contribution in [0, 0.1) is 10.8 Å².